The number of aromatic nitrogens is 2. The first-order valence-corrected chi connectivity index (χ1v) is 9.87. The zero-order valence-corrected chi connectivity index (χ0v) is 15.3. The summed E-state index contributed by atoms with van der Waals surface area (Å²) in [7, 11) is 0. The highest BCUT2D eigenvalue weighted by Gasteiger charge is 2.47. The molecule has 1 aromatic carbocycles. The summed E-state index contributed by atoms with van der Waals surface area (Å²) in [5.41, 5.74) is 1.05. The van der Waals surface area contributed by atoms with Crippen molar-refractivity contribution in [2.75, 3.05) is 6.54 Å². The number of hydroxylamine groups is 2. The molecule has 2 amide bonds. The van der Waals surface area contributed by atoms with Crippen molar-refractivity contribution < 1.29 is 14.0 Å². The molecule has 142 valence electrons. The Labute approximate surface area is 158 Å². The Balaban J connectivity index is 1.25. The number of carbonyl (C=O) groups excluding carboxylic acids is 1. The predicted octanol–water partition coefficient (Wildman–Crippen LogP) is 3.49. The van der Waals surface area contributed by atoms with Gasteiger partial charge in [0.05, 0.1) is 6.04 Å². The van der Waals surface area contributed by atoms with Crippen LogP contribution in [0.4, 0.5) is 4.79 Å². The zero-order valence-electron chi connectivity index (χ0n) is 15.3. The minimum Gasteiger partial charge on any atom is -0.423 e. The van der Waals surface area contributed by atoms with Crippen LogP contribution in [-0.2, 0) is 17.9 Å². The van der Waals surface area contributed by atoms with E-state index >= 15 is 0 Å². The second-order valence-electron chi connectivity index (χ2n) is 7.80. The Kier molecular flexibility index (Phi) is 4.32. The monoisotopic (exact) mass is 368 g/mol. The molecule has 0 radical (unpaired) electrons. The van der Waals surface area contributed by atoms with Crippen LogP contribution in [0.15, 0.2) is 34.7 Å². The van der Waals surface area contributed by atoms with Gasteiger partial charge in [0.2, 0.25) is 11.8 Å². The van der Waals surface area contributed by atoms with E-state index in [0.717, 1.165) is 24.8 Å². The Morgan fingerprint density at radius 1 is 1.11 bits per heavy atom. The van der Waals surface area contributed by atoms with Gasteiger partial charge in [0, 0.05) is 13.0 Å². The third kappa shape index (κ3) is 3.20. The fourth-order valence-electron chi connectivity index (χ4n) is 4.20. The minimum atomic E-state index is -0.137. The molecule has 2 aliphatic heterocycles. The summed E-state index contributed by atoms with van der Waals surface area (Å²) in [5.74, 6) is 1.96. The number of piperidine rings is 1. The lowest BCUT2D eigenvalue weighted by atomic mass is 9.83. The van der Waals surface area contributed by atoms with Gasteiger partial charge in [0.25, 0.3) is 0 Å². The molecule has 1 unspecified atom stereocenters. The van der Waals surface area contributed by atoms with E-state index in [9.17, 15) is 4.79 Å². The van der Waals surface area contributed by atoms with Crippen LogP contribution in [-0.4, -0.2) is 38.8 Å². The average molecular weight is 368 g/mol. The molecule has 0 spiro atoms. The largest absolute Gasteiger partial charge is 0.423 e. The fraction of sp³-hybridized carbons (Fsp3) is 0.550. The van der Waals surface area contributed by atoms with Gasteiger partial charge in [0.1, 0.15) is 12.6 Å². The molecule has 2 atom stereocenters. The van der Waals surface area contributed by atoms with Crippen LogP contribution in [0.25, 0.3) is 0 Å². The van der Waals surface area contributed by atoms with Crippen molar-refractivity contribution >= 4 is 6.03 Å². The van der Waals surface area contributed by atoms with Crippen molar-refractivity contribution in [3.05, 3.63) is 47.7 Å². The van der Waals surface area contributed by atoms with E-state index in [0.29, 0.717) is 30.9 Å². The van der Waals surface area contributed by atoms with Gasteiger partial charge in [-0.25, -0.2) is 4.79 Å². The molecule has 1 aliphatic carbocycles. The first-order chi connectivity index (χ1) is 13.3. The minimum absolute atomic E-state index is 0.0924. The van der Waals surface area contributed by atoms with Crippen molar-refractivity contribution in [2.45, 2.75) is 57.2 Å². The molecule has 1 aromatic heterocycles. The molecule has 1 saturated carbocycles. The Morgan fingerprint density at radius 3 is 2.74 bits per heavy atom. The zero-order chi connectivity index (χ0) is 18.2. The molecule has 7 nitrogen and oxygen atoms in total. The van der Waals surface area contributed by atoms with E-state index in [1.165, 1.54) is 19.3 Å². The Hall–Kier alpha value is -2.41. The highest BCUT2D eigenvalue weighted by atomic mass is 16.7. The summed E-state index contributed by atoms with van der Waals surface area (Å²) in [5, 5.41) is 10.0. The predicted molar refractivity (Wildman–Crippen MR) is 96.3 cm³/mol. The van der Waals surface area contributed by atoms with E-state index in [1.54, 1.807) is 5.06 Å². The maximum absolute atomic E-state index is 12.9. The van der Waals surface area contributed by atoms with Gasteiger partial charge in [-0.15, -0.1) is 10.2 Å². The summed E-state index contributed by atoms with van der Waals surface area (Å²) in [4.78, 5) is 20.5. The van der Waals surface area contributed by atoms with Gasteiger partial charge in [-0.05, 0) is 37.2 Å². The van der Waals surface area contributed by atoms with Crippen molar-refractivity contribution in [1.82, 2.24) is 20.2 Å². The highest BCUT2D eigenvalue weighted by molar-refractivity contribution is 5.77. The van der Waals surface area contributed by atoms with Gasteiger partial charge < -0.3 is 9.32 Å². The van der Waals surface area contributed by atoms with Gasteiger partial charge in [0.15, 0.2) is 0 Å². The molecule has 27 heavy (non-hydrogen) atoms. The molecule has 2 bridgehead atoms. The smallest absolute Gasteiger partial charge is 0.345 e. The number of fused-ring (bicyclic) bond motifs is 2. The first-order valence-electron chi connectivity index (χ1n) is 9.87. The third-order valence-electron chi connectivity index (χ3n) is 5.99. The topological polar surface area (TPSA) is 71.7 Å². The SMILES string of the molecule is O=C1N(OCc2ccccc2)C2CC[C@@H](c3nnc(CC4CCC4)o3)N1C2. The van der Waals surface area contributed by atoms with Crippen LogP contribution in [0, 0.1) is 5.92 Å². The van der Waals surface area contributed by atoms with Crippen molar-refractivity contribution in [2.24, 2.45) is 5.92 Å². The molecule has 3 heterocycles. The number of hydrogen-bond donors (Lipinski definition) is 0. The van der Waals surface area contributed by atoms with Gasteiger partial charge >= 0.3 is 6.03 Å². The number of amides is 2. The normalized spacial score (nSPS) is 25.1. The second kappa shape index (κ2) is 6.96. The lowest BCUT2D eigenvalue weighted by molar-refractivity contribution is -0.140. The molecule has 3 fully saturated rings. The van der Waals surface area contributed by atoms with Crippen LogP contribution in [0.5, 0.6) is 0 Å². The number of hydrogen-bond acceptors (Lipinski definition) is 5. The molecule has 0 N–H and O–H groups in total. The molecule has 7 heteroatoms. The number of rotatable bonds is 6. The molecule has 5 rings (SSSR count). The van der Waals surface area contributed by atoms with Gasteiger partial charge in [-0.2, -0.15) is 5.06 Å². The number of carbonyl (C=O) groups is 1. The standard InChI is InChI=1S/C20H24N4O3/c25-20-23-12-16(24(20)26-13-15-5-2-1-3-6-15)9-10-17(23)19-22-21-18(27-19)11-14-7-4-8-14/h1-3,5-6,14,16-17H,4,7-13H2/t16?,17-/m0/s1. The number of urea groups is 1. The highest BCUT2D eigenvalue weighted by Crippen LogP contribution is 2.38. The van der Waals surface area contributed by atoms with Crippen molar-refractivity contribution in [3.63, 3.8) is 0 Å². The van der Waals surface area contributed by atoms with E-state index in [2.05, 4.69) is 10.2 Å². The molecular weight excluding hydrogens is 344 g/mol. The number of benzene rings is 1. The molecule has 2 aromatic rings. The molecular formula is C20H24N4O3. The summed E-state index contributed by atoms with van der Waals surface area (Å²) >= 11 is 0. The lowest BCUT2D eigenvalue weighted by Gasteiger charge is -2.27. The lowest BCUT2D eigenvalue weighted by Crippen LogP contribution is -2.34. The van der Waals surface area contributed by atoms with Crippen LogP contribution >= 0.6 is 0 Å². The fourth-order valence-corrected chi connectivity index (χ4v) is 4.20. The van der Waals surface area contributed by atoms with Crippen LogP contribution in [0.1, 0.15) is 55.5 Å². The Bertz CT molecular complexity index is 805. The number of nitrogens with zero attached hydrogens (tertiary/aromatic N) is 4. The van der Waals surface area contributed by atoms with Gasteiger partial charge in [-0.1, -0.05) is 36.8 Å². The van der Waals surface area contributed by atoms with E-state index in [4.69, 9.17) is 9.25 Å². The van der Waals surface area contributed by atoms with Gasteiger partial charge in [-0.3, -0.25) is 4.84 Å². The van der Waals surface area contributed by atoms with Crippen molar-refractivity contribution in [1.29, 1.82) is 0 Å². The van der Waals surface area contributed by atoms with Crippen LogP contribution in [0.3, 0.4) is 0 Å². The van der Waals surface area contributed by atoms with Crippen LogP contribution < -0.4 is 0 Å². The first kappa shape index (κ1) is 16.7. The average Bonchev–Trinajstić information content (AvgIpc) is 3.22. The van der Waals surface area contributed by atoms with Crippen LogP contribution in [0.2, 0.25) is 0 Å². The van der Waals surface area contributed by atoms with E-state index in [-0.39, 0.29) is 18.1 Å². The summed E-state index contributed by atoms with van der Waals surface area (Å²) in [6.07, 6.45) is 6.37. The quantitative estimate of drug-likeness (QED) is 0.780. The maximum Gasteiger partial charge on any atom is 0.345 e. The summed E-state index contributed by atoms with van der Waals surface area (Å²) in [6, 6.07) is 9.76. The molecule has 2 saturated heterocycles. The molecule has 3 aliphatic rings. The second-order valence-corrected chi connectivity index (χ2v) is 7.80. The Morgan fingerprint density at radius 2 is 1.96 bits per heavy atom. The van der Waals surface area contributed by atoms with E-state index < -0.39 is 0 Å². The summed E-state index contributed by atoms with van der Waals surface area (Å²) < 4.78 is 5.92. The summed E-state index contributed by atoms with van der Waals surface area (Å²) in [6.45, 7) is 1.05. The maximum atomic E-state index is 12.9. The van der Waals surface area contributed by atoms with E-state index in [1.807, 2.05) is 35.2 Å². The van der Waals surface area contributed by atoms with Crippen molar-refractivity contribution in [3.8, 4) is 0 Å². The third-order valence-corrected chi connectivity index (χ3v) is 5.99.